The zero-order valence-electron chi connectivity index (χ0n) is 16.0. The number of hydrogen-bond donors (Lipinski definition) is 3. The summed E-state index contributed by atoms with van der Waals surface area (Å²) in [6.07, 6.45) is 2.13. The fourth-order valence-corrected chi connectivity index (χ4v) is 3.57. The molecule has 0 spiro atoms. The minimum Gasteiger partial charge on any atom is -0.354 e. The number of aryl methyl sites for hydroxylation is 1. The van der Waals surface area contributed by atoms with Crippen LogP contribution < -0.4 is 16.4 Å². The van der Waals surface area contributed by atoms with Crippen LogP contribution in [0.3, 0.4) is 0 Å². The number of thiazole rings is 1. The number of nitrogens with one attached hydrogen (secondary N) is 2. The van der Waals surface area contributed by atoms with Gasteiger partial charge in [0.2, 0.25) is 11.8 Å². The van der Waals surface area contributed by atoms with Crippen molar-refractivity contribution in [3.05, 3.63) is 16.1 Å². The van der Waals surface area contributed by atoms with Crippen LogP contribution in [-0.2, 0) is 16.1 Å². The van der Waals surface area contributed by atoms with Crippen LogP contribution in [0, 0.1) is 18.8 Å². The quantitative estimate of drug-likeness (QED) is 0.621. The fourth-order valence-electron chi connectivity index (χ4n) is 2.97. The normalized spacial score (nSPS) is 17.3. The van der Waals surface area contributed by atoms with Crippen LogP contribution in [0.1, 0.15) is 37.4 Å². The highest BCUT2D eigenvalue weighted by Gasteiger charge is 2.21. The van der Waals surface area contributed by atoms with E-state index in [4.69, 9.17) is 5.73 Å². The maximum absolute atomic E-state index is 11.9. The number of rotatable bonds is 8. The number of hydrogen-bond acceptors (Lipinski definition) is 6. The topological polar surface area (TPSA) is 100 Å². The summed E-state index contributed by atoms with van der Waals surface area (Å²) in [6, 6.07) is -0.575. The molecule has 2 rings (SSSR count). The minimum atomic E-state index is -0.575. The maximum atomic E-state index is 11.9. The summed E-state index contributed by atoms with van der Waals surface area (Å²) >= 11 is 1.69. The molecule has 0 aromatic carbocycles. The van der Waals surface area contributed by atoms with Crippen LogP contribution in [0.4, 0.5) is 0 Å². The number of piperidine rings is 1. The van der Waals surface area contributed by atoms with E-state index in [1.807, 2.05) is 20.8 Å². The molecule has 1 aliphatic rings. The molecule has 1 fully saturated rings. The van der Waals surface area contributed by atoms with E-state index < -0.39 is 6.04 Å². The van der Waals surface area contributed by atoms with Crippen LogP contribution >= 0.6 is 11.3 Å². The van der Waals surface area contributed by atoms with Crippen molar-refractivity contribution in [2.75, 3.05) is 26.2 Å². The smallest absolute Gasteiger partial charge is 0.239 e. The average Bonchev–Trinajstić information content (AvgIpc) is 3.03. The summed E-state index contributed by atoms with van der Waals surface area (Å²) in [5.41, 5.74) is 6.90. The average molecular weight is 382 g/mol. The summed E-state index contributed by atoms with van der Waals surface area (Å²) in [6.45, 7) is 9.40. The highest BCUT2D eigenvalue weighted by atomic mass is 32.1. The van der Waals surface area contributed by atoms with Gasteiger partial charge in [-0.15, -0.1) is 11.3 Å². The lowest BCUT2D eigenvalue weighted by Crippen LogP contribution is -2.47. The molecular formula is C18H31N5O2S. The van der Waals surface area contributed by atoms with Gasteiger partial charge < -0.3 is 16.4 Å². The van der Waals surface area contributed by atoms with Crippen molar-refractivity contribution in [1.29, 1.82) is 0 Å². The lowest BCUT2D eigenvalue weighted by molar-refractivity contribution is -0.127. The first-order valence-corrected chi connectivity index (χ1v) is 10.2. The van der Waals surface area contributed by atoms with Gasteiger partial charge in [0.15, 0.2) is 0 Å². The van der Waals surface area contributed by atoms with Gasteiger partial charge in [0.1, 0.15) is 0 Å². The molecule has 1 aliphatic heterocycles. The van der Waals surface area contributed by atoms with Crippen LogP contribution in [0.15, 0.2) is 5.38 Å². The van der Waals surface area contributed by atoms with Crippen LogP contribution in [-0.4, -0.2) is 53.9 Å². The Balaban J connectivity index is 1.60. The lowest BCUT2D eigenvalue weighted by atomic mass is 9.96. The Morgan fingerprint density at radius 1 is 1.35 bits per heavy atom. The third-order valence-corrected chi connectivity index (χ3v) is 5.61. The van der Waals surface area contributed by atoms with Crippen LogP contribution in [0.5, 0.6) is 0 Å². The van der Waals surface area contributed by atoms with E-state index in [1.165, 1.54) is 0 Å². The van der Waals surface area contributed by atoms with E-state index in [2.05, 4.69) is 25.9 Å². The third-order valence-electron chi connectivity index (χ3n) is 4.79. The highest BCUT2D eigenvalue weighted by Crippen LogP contribution is 2.19. The summed E-state index contributed by atoms with van der Waals surface area (Å²) in [5, 5.41) is 8.75. The standard InChI is InChI=1S/C18H31N5O2S/c1-12(2)17(19)18(25)21-9-16(24)20-8-14-4-6-23(7-5-14)10-15-11-26-13(3)22-15/h11-12,14,17H,4-10,19H2,1-3H3,(H,20,24)(H,21,25)/t17-/m0/s1. The second-order valence-corrected chi connectivity index (χ2v) is 8.43. The molecule has 1 atom stereocenters. The van der Waals surface area contributed by atoms with Gasteiger partial charge in [-0.3, -0.25) is 14.5 Å². The van der Waals surface area contributed by atoms with Gasteiger partial charge in [-0.2, -0.15) is 0 Å². The van der Waals surface area contributed by atoms with Gasteiger partial charge >= 0.3 is 0 Å². The zero-order chi connectivity index (χ0) is 19.1. The molecule has 0 saturated carbocycles. The first-order chi connectivity index (χ1) is 12.3. The first kappa shape index (κ1) is 20.8. The van der Waals surface area contributed by atoms with Crippen molar-refractivity contribution >= 4 is 23.2 Å². The molecule has 8 heteroatoms. The predicted octanol–water partition coefficient (Wildman–Crippen LogP) is 0.879. The highest BCUT2D eigenvalue weighted by molar-refractivity contribution is 7.09. The fraction of sp³-hybridized carbons (Fsp3) is 0.722. The summed E-state index contributed by atoms with van der Waals surface area (Å²) in [7, 11) is 0. The van der Waals surface area contributed by atoms with Crippen molar-refractivity contribution < 1.29 is 9.59 Å². The molecule has 0 unspecified atom stereocenters. The number of amides is 2. The van der Waals surface area contributed by atoms with E-state index in [9.17, 15) is 9.59 Å². The molecular weight excluding hydrogens is 350 g/mol. The van der Waals surface area contributed by atoms with Gasteiger partial charge in [-0.1, -0.05) is 13.8 Å². The maximum Gasteiger partial charge on any atom is 0.239 e. The second-order valence-electron chi connectivity index (χ2n) is 7.37. The van der Waals surface area contributed by atoms with E-state index in [0.29, 0.717) is 12.5 Å². The Morgan fingerprint density at radius 3 is 2.62 bits per heavy atom. The minimum absolute atomic E-state index is 0.0126. The van der Waals surface area contributed by atoms with Gasteiger partial charge in [0.25, 0.3) is 0 Å². The van der Waals surface area contributed by atoms with Crippen LogP contribution in [0.2, 0.25) is 0 Å². The van der Waals surface area contributed by atoms with Gasteiger partial charge in [0.05, 0.1) is 23.3 Å². The molecule has 7 nitrogen and oxygen atoms in total. The monoisotopic (exact) mass is 381 g/mol. The second kappa shape index (κ2) is 9.99. The molecule has 0 aliphatic carbocycles. The zero-order valence-corrected chi connectivity index (χ0v) is 16.8. The Morgan fingerprint density at radius 2 is 2.04 bits per heavy atom. The van der Waals surface area contributed by atoms with Gasteiger partial charge in [-0.25, -0.2) is 4.98 Å². The molecule has 0 bridgehead atoms. The van der Waals surface area contributed by atoms with Crippen LogP contribution in [0.25, 0.3) is 0 Å². The molecule has 146 valence electrons. The van der Waals surface area contributed by atoms with Gasteiger partial charge in [-0.05, 0) is 44.7 Å². The Hall–Kier alpha value is -1.51. The van der Waals surface area contributed by atoms with Crippen molar-refractivity contribution in [3.8, 4) is 0 Å². The van der Waals surface area contributed by atoms with Gasteiger partial charge in [0, 0.05) is 18.5 Å². The number of carbonyl (C=O) groups is 2. The number of nitrogens with two attached hydrogens (primary N) is 1. The predicted molar refractivity (Wildman–Crippen MR) is 104 cm³/mol. The summed E-state index contributed by atoms with van der Waals surface area (Å²) in [5.74, 6) is 0.104. The largest absolute Gasteiger partial charge is 0.354 e. The van der Waals surface area contributed by atoms with Crippen molar-refractivity contribution in [2.45, 2.75) is 46.2 Å². The SMILES string of the molecule is Cc1nc(CN2CCC(CNC(=O)CNC(=O)[C@@H](N)C(C)C)CC2)cs1. The Bertz CT molecular complexity index is 596. The molecule has 0 radical (unpaired) electrons. The molecule has 1 aromatic rings. The van der Waals surface area contributed by atoms with Crippen molar-refractivity contribution in [2.24, 2.45) is 17.6 Å². The van der Waals surface area contributed by atoms with Crippen molar-refractivity contribution in [3.63, 3.8) is 0 Å². The van der Waals surface area contributed by atoms with Crippen molar-refractivity contribution in [1.82, 2.24) is 20.5 Å². The molecule has 1 saturated heterocycles. The first-order valence-electron chi connectivity index (χ1n) is 9.28. The summed E-state index contributed by atoms with van der Waals surface area (Å²) in [4.78, 5) is 30.6. The number of carbonyl (C=O) groups excluding carboxylic acids is 2. The molecule has 2 amide bonds. The number of likely N-dealkylation sites (tertiary alicyclic amines) is 1. The van der Waals surface area contributed by atoms with E-state index >= 15 is 0 Å². The van der Waals surface area contributed by atoms with E-state index in [0.717, 1.165) is 43.2 Å². The number of nitrogens with zero attached hydrogens (tertiary/aromatic N) is 2. The van der Waals surface area contributed by atoms with E-state index in [-0.39, 0.29) is 24.3 Å². The molecule has 4 N–H and O–H groups in total. The Kier molecular flexibility index (Phi) is 7.99. The Labute approximate surface area is 159 Å². The van der Waals surface area contributed by atoms with E-state index in [1.54, 1.807) is 11.3 Å². The molecule has 26 heavy (non-hydrogen) atoms. The third kappa shape index (κ3) is 6.66. The lowest BCUT2D eigenvalue weighted by Gasteiger charge is -2.31. The molecule has 1 aromatic heterocycles. The summed E-state index contributed by atoms with van der Waals surface area (Å²) < 4.78 is 0. The molecule has 2 heterocycles. The number of aromatic nitrogens is 1.